The summed E-state index contributed by atoms with van der Waals surface area (Å²) in [6.45, 7) is 3.34. The fourth-order valence-corrected chi connectivity index (χ4v) is 6.92. The normalized spacial score (nSPS) is 49.9. The van der Waals surface area contributed by atoms with Crippen LogP contribution in [0.25, 0.3) is 0 Å². The lowest BCUT2D eigenvalue weighted by Crippen LogP contribution is -2.61. The average Bonchev–Trinajstić information content (AvgIpc) is 2.86. The van der Waals surface area contributed by atoms with Gasteiger partial charge >= 0.3 is 0 Å². The number of fused-ring (bicyclic) bond motifs is 5. The number of aliphatic hydroxyl groups excluding tert-OH is 2. The number of hydrogen-bond acceptors (Lipinski definition) is 5. The van der Waals surface area contributed by atoms with E-state index < -0.39 is 29.5 Å². The van der Waals surface area contributed by atoms with Gasteiger partial charge in [-0.3, -0.25) is 9.59 Å². The van der Waals surface area contributed by atoms with Crippen molar-refractivity contribution in [3.05, 3.63) is 23.8 Å². The number of carbonyl (C=O) groups excluding carboxylic acids is 2. The van der Waals surface area contributed by atoms with Gasteiger partial charge in [-0.15, -0.1) is 0 Å². The van der Waals surface area contributed by atoms with E-state index in [1.807, 2.05) is 13.0 Å². The van der Waals surface area contributed by atoms with Crippen molar-refractivity contribution in [3.8, 4) is 0 Å². The van der Waals surface area contributed by atoms with E-state index in [9.17, 15) is 24.9 Å². The fourth-order valence-electron chi connectivity index (χ4n) is 6.92. The Morgan fingerprint density at radius 2 is 2.04 bits per heavy atom. The van der Waals surface area contributed by atoms with Crippen LogP contribution in [-0.2, 0) is 9.59 Å². The van der Waals surface area contributed by atoms with Gasteiger partial charge in [-0.1, -0.05) is 25.5 Å². The summed E-state index contributed by atoms with van der Waals surface area (Å²) in [5.41, 5.74) is -1.54. The topological polar surface area (TPSA) is 94.8 Å². The summed E-state index contributed by atoms with van der Waals surface area (Å²) in [7, 11) is 0. The van der Waals surface area contributed by atoms with Crippen LogP contribution in [0.15, 0.2) is 23.8 Å². The second-order valence-corrected chi connectivity index (χ2v) is 9.19. The average molecular weight is 360 g/mol. The predicted molar refractivity (Wildman–Crippen MR) is 95.0 cm³/mol. The summed E-state index contributed by atoms with van der Waals surface area (Å²) in [5, 5.41) is 31.7. The Labute approximate surface area is 153 Å². The fraction of sp³-hybridized carbons (Fsp3) is 0.714. The molecule has 0 unspecified atom stereocenters. The van der Waals surface area contributed by atoms with E-state index in [-0.39, 0.29) is 29.0 Å². The molecule has 0 aromatic heterocycles. The van der Waals surface area contributed by atoms with E-state index >= 15 is 0 Å². The summed E-state index contributed by atoms with van der Waals surface area (Å²) in [5.74, 6) is -0.227. The molecule has 0 heterocycles. The molecule has 0 saturated heterocycles. The summed E-state index contributed by atoms with van der Waals surface area (Å²) in [4.78, 5) is 24.2. The minimum Gasteiger partial charge on any atom is -0.393 e. The Hall–Kier alpha value is -1.30. The SMILES string of the molecule is C[C@@]12C=CC(=O)C=C1CC[C@H]1[C@H]2[C@H](O)C[C@]2(C)[C@H]1CC[C@]2(O)C(=O)CO. The molecule has 0 spiro atoms. The number of allylic oxidation sites excluding steroid dienone is 4. The van der Waals surface area contributed by atoms with Gasteiger partial charge in [0, 0.05) is 16.7 Å². The molecule has 0 aromatic rings. The highest BCUT2D eigenvalue weighted by Gasteiger charge is 2.67. The first-order valence-electron chi connectivity index (χ1n) is 9.66. The first-order chi connectivity index (χ1) is 12.2. The molecular formula is C21H28O5. The van der Waals surface area contributed by atoms with Crippen molar-refractivity contribution < 1.29 is 24.9 Å². The quantitative estimate of drug-likeness (QED) is 0.695. The zero-order valence-electron chi connectivity index (χ0n) is 15.4. The number of aliphatic hydroxyl groups is 3. The van der Waals surface area contributed by atoms with Crippen molar-refractivity contribution in [1.82, 2.24) is 0 Å². The third kappa shape index (κ3) is 2.08. The van der Waals surface area contributed by atoms with Crippen LogP contribution in [0.1, 0.15) is 46.0 Å². The second-order valence-electron chi connectivity index (χ2n) is 9.19. The Bertz CT molecular complexity index is 724. The Morgan fingerprint density at radius 3 is 2.73 bits per heavy atom. The lowest BCUT2D eigenvalue weighted by atomic mass is 9.46. The number of hydrogen-bond donors (Lipinski definition) is 3. The van der Waals surface area contributed by atoms with E-state index in [1.165, 1.54) is 0 Å². The summed E-state index contributed by atoms with van der Waals surface area (Å²) in [6.07, 6.45) is 7.68. The van der Waals surface area contributed by atoms with Crippen LogP contribution in [0.5, 0.6) is 0 Å². The molecule has 7 atom stereocenters. The zero-order valence-corrected chi connectivity index (χ0v) is 15.4. The highest BCUT2D eigenvalue weighted by molar-refractivity contribution is 6.01. The molecule has 0 aromatic carbocycles. The molecule has 3 saturated carbocycles. The standard InChI is InChI=1S/C21H28O5/c1-19-7-5-13(23)9-12(19)3-4-14-15-6-8-21(26,17(25)11-22)20(15,2)10-16(24)18(14)19/h5,7,9,14-16,18,22,24,26H,3-4,6,8,10-11H2,1-2H3/t14-,15+,16-,18+,19-,20-,21+/m1/s1. The van der Waals surface area contributed by atoms with E-state index in [2.05, 4.69) is 6.92 Å². The van der Waals surface area contributed by atoms with Crippen molar-refractivity contribution >= 4 is 11.6 Å². The molecule has 0 aliphatic heterocycles. The Kier molecular flexibility index (Phi) is 3.89. The smallest absolute Gasteiger partial charge is 0.190 e. The molecule has 5 nitrogen and oxygen atoms in total. The molecule has 142 valence electrons. The van der Waals surface area contributed by atoms with Crippen LogP contribution in [0.4, 0.5) is 0 Å². The lowest BCUT2D eigenvalue weighted by molar-refractivity contribution is -0.178. The van der Waals surface area contributed by atoms with Crippen molar-refractivity contribution in [2.75, 3.05) is 6.61 Å². The molecule has 3 N–H and O–H groups in total. The van der Waals surface area contributed by atoms with Gasteiger partial charge in [0.1, 0.15) is 12.2 Å². The largest absolute Gasteiger partial charge is 0.393 e. The van der Waals surface area contributed by atoms with Crippen LogP contribution in [0.3, 0.4) is 0 Å². The molecule has 4 rings (SSSR count). The summed E-state index contributed by atoms with van der Waals surface area (Å²) < 4.78 is 0. The van der Waals surface area contributed by atoms with Gasteiger partial charge in [-0.05, 0) is 56.1 Å². The molecule has 4 aliphatic rings. The van der Waals surface area contributed by atoms with Crippen molar-refractivity contribution in [2.24, 2.45) is 28.6 Å². The third-order valence-electron chi connectivity index (χ3n) is 8.25. The second kappa shape index (κ2) is 5.60. The molecule has 0 radical (unpaired) electrons. The minimum atomic E-state index is -1.56. The first kappa shape index (κ1) is 18.1. The van der Waals surface area contributed by atoms with Gasteiger partial charge in [-0.25, -0.2) is 0 Å². The van der Waals surface area contributed by atoms with Crippen LogP contribution in [-0.4, -0.2) is 45.2 Å². The Morgan fingerprint density at radius 1 is 1.31 bits per heavy atom. The van der Waals surface area contributed by atoms with E-state index in [0.29, 0.717) is 12.8 Å². The maximum absolute atomic E-state index is 12.4. The van der Waals surface area contributed by atoms with Crippen LogP contribution >= 0.6 is 0 Å². The first-order valence-corrected chi connectivity index (χ1v) is 9.66. The molecular weight excluding hydrogens is 332 g/mol. The molecule has 0 bridgehead atoms. The Balaban J connectivity index is 1.75. The minimum absolute atomic E-state index is 0.00912. The predicted octanol–water partition coefficient (Wildman–Crippen LogP) is 1.56. The number of Topliss-reactive ketones (excluding diaryl/α,β-unsaturated/α-hetero) is 1. The zero-order chi connectivity index (χ0) is 18.9. The van der Waals surface area contributed by atoms with Gasteiger partial charge in [0.2, 0.25) is 0 Å². The van der Waals surface area contributed by atoms with Crippen molar-refractivity contribution in [1.29, 1.82) is 0 Å². The number of ketones is 2. The molecule has 5 heteroatoms. The van der Waals surface area contributed by atoms with Gasteiger partial charge in [0.25, 0.3) is 0 Å². The maximum atomic E-state index is 12.4. The highest BCUT2D eigenvalue weighted by Crippen LogP contribution is 2.67. The number of rotatable bonds is 2. The maximum Gasteiger partial charge on any atom is 0.190 e. The van der Waals surface area contributed by atoms with Gasteiger partial charge in [-0.2, -0.15) is 0 Å². The van der Waals surface area contributed by atoms with Crippen LogP contribution in [0, 0.1) is 28.6 Å². The molecule has 3 fully saturated rings. The molecule has 4 aliphatic carbocycles. The highest BCUT2D eigenvalue weighted by atomic mass is 16.3. The summed E-state index contributed by atoms with van der Waals surface area (Å²) in [6, 6.07) is 0. The van der Waals surface area contributed by atoms with E-state index in [1.54, 1.807) is 12.2 Å². The monoisotopic (exact) mass is 360 g/mol. The van der Waals surface area contributed by atoms with Gasteiger partial charge in [0.05, 0.1) is 6.10 Å². The molecule has 26 heavy (non-hydrogen) atoms. The van der Waals surface area contributed by atoms with Crippen LogP contribution < -0.4 is 0 Å². The molecule has 0 amide bonds. The van der Waals surface area contributed by atoms with E-state index in [4.69, 9.17) is 0 Å². The van der Waals surface area contributed by atoms with Crippen molar-refractivity contribution in [2.45, 2.75) is 57.7 Å². The summed E-state index contributed by atoms with van der Waals surface area (Å²) >= 11 is 0. The number of carbonyl (C=O) groups is 2. The van der Waals surface area contributed by atoms with Crippen LogP contribution in [0.2, 0.25) is 0 Å². The van der Waals surface area contributed by atoms with E-state index in [0.717, 1.165) is 24.8 Å². The lowest BCUT2D eigenvalue weighted by Gasteiger charge is -2.59. The van der Waals surface area contributed by atoms with Crippen molar-refractivity contribution in [3.63, 3.8) is 0 Å². The third-order valence-corrected chi connectivity index (χ3v) is 8.25. The van der Waals surface area contributed by atoms with Gasteiger partial charge in [0.15, 0.2) is 11.6 Å². The van der Waals surface area contributed by atoms with Gasteiger partial charge < -0.3 is 15.3 Å².